The molecular formula is C27H24N2O6. The van der Waals surface area contributed by atoms with E-state index in [0.717, 1.165) is 10.5 Å². The summed E-state index contributed by atoms with van der Waals surface area (Å²) in [5, 5.41) is 0. The normalized spacial score (nSPS) is 15.1. The third-order valence-corrected chi connectivity index (χ3v) is 5.82. The molecule has 1 aliphatic rings. The van der Waals surface area contributed by atoms with Crippen molar-refractivity contribution in [1.29, 1.82) is 0 Å². The molecule has 3 amide bonds. The molecule has 1 unspecified atom stereocenters. The average Bonchev–Trinajstić information content (AvgIpc) is 3.20. The molecule has 35 heavy (non-hydrogen) atoms. The van der Waals surface area contributed by atoms with Gasteiger partial charge in [-0.15, -0.1) is 0 Å². The predicted octanol–water partition coefficient (Wildman–Crippen LogP) is 3.46. The topological polar surface area (TPSA) is 93.2 Å². The van der Waals surface area contributed by atoms with Gasteiger partial charge in [0.15, 0.2) is 0 Å². The van der Waals surface area contributed by atoms with Crippen LogP contribution in [0, 0.1) is 0 Å². The molecule has 1 atom stereocenters. The number of benzene rings is 3. The van der Waals surface area contributed by atoms with E-state index in [9.17, 15) is 19.2 Å². The van der Waals surface area contributed by atoms with Gasteiger partial charge in [0.05, 0.1) is 31.9 Å². The highest BCUT2D eigenvalue weighted by molar-refractivity contribution is 6.23. The van der Waals surface area contributed by atoms with E-state index in [-0.39, 0.29) is 18.9 Å². The van der Waals surface area contributed by atoms with E-state index in [1.54, 1.807) is 24.3 Å². The summed E-state index contributed by atoms with van der Waals surface area (Å²) in [4.78, 5) is 54.2. The molecule has 178 valence electrons. The maximum Gasteiger partial charge on any atom is 0.337 e. The third kappa shape index (κ3) is 4.91. The van der Waals surface area contributed by atoms with Crippen LogP contribution in [0.15, 0.2) is 78.9 Å². The van der Waals surface area contributed by atoms with Gasteiger partial charge < -0.3 is 14.4 Å². The molecule has 0 N–H and O–H groups in total. The second kappa shape index (κ2) is 10.2. The van der Waals surface area contributed by atoms with Gasteiger partial charge in [0.25, 0.3) is 11.8 Å². The number of hydrogen-bond donors (Lipinski definition) is 0. The van der Waals surface area contributed by atoms with Gasteiger partial charge >= 0.3 is 5.97 Å². The van der Waals surface area contributed by atoms with Gasteiger partial charge in [-0.2, -0.15) is 0 Å². The Kier molecular flexibility index (Phi) is 6.91. The van der Waals surface area contributed by atoms with Crippen LogP contribution in [0.5, 0.6) is 5.75 Å². The minimum absolute atomic E-state index is 0.149. The van der Waals surface area contributed by atoms with E-state index < -0.39 is 23.8 Å². The summed E-state index contributed by atoms with van der Waals surface area (Å²) in [6.07, 6.45) is -0.153. The Hall–Kier alpha value is -4.46. The Morgan fingerprint density at radius 1 is 0.914 bits per heavy atom. The minimum atomic E-state index is -0.985. The van der Waals surface area contributed by atoms with E-state index in [4.69, 9.17) is 9.47 Å². The van der Waals surface area contributed by atoms with Gasteiger partial charge in [0.2, 0.25) is 5.91 Å². The number of hydrogen-bond acceptors (Lipinski definition) is 6. The summed E-state index contributed by atoms with van der Waals surface area (Å²) >= 11 is 0. The zero-order chi connectivity index (χ0) is 24.9. The maximum absolute atomic E-state index is 13.6. The lowest BCUT2D eigenvalue weighted by Gasteiger charge is -2.28. The molecule has 1 heterocycles. The zero-order valence-corrected chi connectivity index (χ0v) is 19.3. The number of methoxy groups -OCH3 is 2. The van der Waals surface area contributed by atoms with Crippen LogP contribution in [0.1, 0.15) is 32.7 Å². The molecule has 4 rings (SSSR count). The zero-order valence-electron chi connectivity index (χ0n) is 19.3. The van der Waals surface area contributed by atoms with Crippen LogP contribution >= 0.6 is 0 Å². The molecule has 0 aliphatic carbocycles. The first-order valence-corrected chi connectivity index (χ1v) is 11.0. The van der Waals surface area contributed by atoms with Crippen molar-refractivity contribution in [3.8, 4) is 5.75 Å². The molecule has 0 aromatic heterocycles. The predicted molar refractivity (Wildman–Crippen MR) is 128 cm³/mol. The van der Waals surface area contributed by atoms with E-state index in [1.807, 2.05) is 30.3 Å². The monoisotopic (exact) mass is 472 g/mol. The Balaban J connectivity index is 1.66. The van der Waals surface area contributed by atoms with Crippen molar-refractivity contribution in [2.45, 2.75) is 19.0 Å². The van der Waals surface area contributed by atoms with E-state index in [1.165, 1.54) is 43.4 Å². The van der Waals surface area contributed by atoms with E-state index >= 15 is 0 Å². The fraction of sp³-hybridized carbons (Fsp3) is 0.185. The first-order valence-electron chi connectivity index (χ1n) is 11.0. The van der Waals surface area contributed by atoms with Gasteiger partial charge in [-0.3, -0.25) is 14.4 Å². The number of nitrogens with zero attached hydrogens (tertiary/aromatic N) is 2. The summed E-state index contributed by atoms with van der Waals surface area (Å²) in [6.45, 7) is 0.149. The number of rotatable bonds is 7. The number of esters is 1. The number of carbonyl (C=O) groups excluding carboxylic acids is 4. The van der Waals surface area contributed by atoms with Crippen molar-refractivity contribution >= 4 is 29.4 Å². The largest absolute Gasteiger partial charge is 0.497 e. The molecule has 8 heteroatoms. The van der Waals surface area contributed by atoms with Crippen LogP contribution in [0.3, 0.4) is 0 Å². The Morgan fingerprint density at radius 2 is 1.63 bits per heavy atom. The lowest BCUT2D eigenvalue weighted by molar-refractivity contribution is -0.122. The third-order valence-electron chi connectivity index (χ3n) is 5.82. The van der Waals surface area contributed by atoms with Crippen LogP contribution in [-0.4, -0.2) is 48.9 Å². The molecule has 3 aromatic rings. The quantitative estimate of drug-likeness (QED) is 0.386. The second-order valence-electron chi connectivity index (χ2n) is 7.98. The van der Waals surface area contributed by atoms with Crippen molar-refractivity contribution in [1.82, 2.24) is 4.90 Å². The number of anilines is 1. The summed E-state index contributed by atoms with van der Waals surface area (Å²) in [5.41, 5.74) is 1.79. The molecule has 0 saturated carbocycles. The van der Waals surface area contributed by atoms with Crippen molar-refractivity contribution < 1.29 is 28.7 Å². The lowest BCUT2D eigenvalue weighted by Crippen LogP contribution is -2.45. The highest BCUT2D eigenvalue weighted by atomic mass is 16.5. The molecule has 0 radical (unpaired) electrons. The van der Waals surface area contributed by atoms with Gasteiger partial charge in [0, 0.05) is 12.1 Å². The second-order valence-corrected chi connectivity index (χ2v) is 7.98. The van der Waals surface area contributed by atoms with E-state index in [0.29, 0.717) is 22.6 Å². The number of ether oxygens (including phenoxy) is 2. The van der Waals surface area contributed by atoms with E-state index in [2.05, 4.69) is 0 Å². The Labute approximate surface area is 202 Å². The minimum Gasteiger partial charge on any atom is -0.497 e. The Morgan fingerprint density at radius 3 is 2.29 bits per heavy atom. The SMILES string of the molecule is COC(=O)c1ccc(N2C(=O)CC(N(Cc3ccccc3)C(=O)c3cccc(OC)c3)C2=O)cc1. The fourth-order valence-electron chi connectivity index (χ4n) is 4.02. The van der Waals surface area contributed by atoms with Gasteiger partial charge in [-0.1, -0.05) is 36.4 Å². The molecule has 8 nitrogen and oxygen atoms in total. The molecule has 0 spiro atoms. The van der Waals surface area contributed by atoms with Gasteiger partial charge in [-0.05, 0) is 48.0 Å². The first kappa shape index (κ1) is 23.7. The highest BCUT2D eigenvalue weighted by Gasteiger charge is 2.44. The maximum atomic E-state index is 13.6. The standard InChI is InChI=1S/C27H24N2O6/c1-34-22-10-6-9-20(15-22)25(31)28(17-18-7-4-3-5-8-18)23-16-24(30)29(26(23)32)21-13-11-19(12-14-21)27(33)35-2/h3-15,23H,16-17H2,1-2H3. The summed E-state index contributed by atoms with van der Waals surface area (Å²) in [6, 6.07) is 20.9. The molecule has 1 aliphatic heterocycles. The summed E-state index contributed by atoms with van der Waals surface area (Å²) in [5.74, 6) is -1.33. The van der Waals surface area contributed by atoms with Gasteiger partial charge in [-0.25, -0.2) is 9.69 Å². The van der Waals surface area contributed by atoms with Crippen molar-refractivity contribution in [3.05, 3.63) is 95.6 Å². The Bertz CT molecular complexity index is 1260. The average molecular weight is 472 g/mol. The molecule has 3 aromatic carbocycles. The first-order chi connectivity index (χ1) is 16.9. The lowest BCUT2D eigenvalue weighted by atomic mass is 10.1. The van der Waals surface area contributed by atoms with Crippen LogP contribution in [0.2, 0.25) is 0 Å². The van der Waals surface area contributed by atoms with Crippen LogP contribution in [-0.2, 0) is 20.9 Å². The van der Waals surface area contributed by atoms with Crippen molar-refractivity contribution in [2.24, 2.45) is 0 Å². The highest BCUT2D eigenvalue weighted by Crippen LogP contribution is 2.28. The fourth-order valence-corrected chi connectivity index (χ4v) is 4.02. The summed E-state index contributed by atoms with van der Waals surface area (Å²) in [7, 11) is 2.78. The van der Waals surface area contributed by atoms with Crippen LogP contribution in [0.25, 0.3) is 0 Å². The summed E-state index contributed by atoms with van der Waals surface area (Å²) < 4.78 is 9.94. The molecule has 1 saturated heterocycles. The van der Waals surface area contributed by atoms with Crippen LogP contribution < -0.4 is 9.64 Å². The number of carbonyl (C=O) groups is 4. The van der Waals surface area contributed by atoms with Crippen molar-refractivity contribution in [3.63, 3.8) is 0 Å². The smallest absolute Gasteiger partial charge is 0.337 e. The molecule has 0 bridgehead atoms. The molecular weight excluding hydrogens is 448 g/mol. The van der Waals surface area contributed by atoms with Crippen LogP contribution in [0.4, 0.5) is 5.69 Å². The van der Waals surface area contributed by atoms with Crippen molar-refractivity contribution in [2.75, 3.05) is 19.1 Å². The number of amides is 3. The van der Waals surface area contributed by atoms with Gasteiger partial charge in [0.1, 0.15) is 11.8 Å². The number of imide groups is 1. The molecule has 1 fully saturated rings.